The molecule has 304 valence electrons. The zero-order chi connectivity index (χ0) is 38.2. The minimum atomic E-state index is -0.930. The molecule has 0 aliphatic carbocycles. The lowest BCUT2D eigenvalue weighted by atomic mass is 10.0. The maximum Gasteiger partial charge on any atom is 0.306 e. The molecule has 0 aromatic rings. The van der Waals surface area contributed by atoms with E-state index in [1.807, 2.05) is 12.2 Å². The number of unbranched alkanes of at least 4 members (excludes halogenated alkanes) is 21. The molecule has 0 aliphatic heterocycles. The van der Waals surface area contributed by atoms with E-state index in [1.165, 1.54) is 122 Å². The molecule has 0 heterocycles. The molecule has 7 heteroatoms. The lowest BCUT2D eigenvalue weighted by Crippen LogP contribution is -2.28. The Bertz CT molecular complexity index is 868. The van der Waals surface area contributed by atoms with Gasteiger partial charge in [0.25, 0.3) is 0 Å². The van der Waals surface area contributed by atoms with Gasteiger partial charge in [-0.05, 0) is 51.4 Å². The van der Waals surface area contributed by atoms with E-state index in [2.05, 4.69) is 38.2 Å². The summed E-state index contributed by atoms with van der Waals surface area (Å²) in [7, 11) is 0. The Morgan fingerprint density at radius 2 is 0.962 bits per heavy atom. The molecule has 3 atom stereocenters. The number of hydrogen-bond acceptors (Lipinski definition) is 7. The number of rotatable bonds is 39. The van der Waals surface area contributed by atoms with Gasteiger partial charge in [-0.1, -0.05) is 179 Å². The molecule has 3 N–H and O–H groups in total. The molecular formula is C45H82O7. The number of aliphatic hydroxyl groups is 3. The van der Waals surface area contributed by atoms with Gasteiger partial charge in [-0.3, -0.25) is 9.59 Å². The van der Waals surface area contributed by atoms with Crippen LogP contribution in [0.15, 0.2) is 36.5 Å². The van der Waals surface area contributed by atoms with Crippen molar-refractivity contribution >= 4 is 11.9 Å². The molecule has 0 amide bonds. The molecule has 0 rings (SSSR count). The van der Waals surface area contributed by atoms with Crippen molar-refractivity contribution in [2.24, 2.45) is 0 Å². The van der Waals surface area contributed by atoms with Crippen LogP contribution in [0.2, 0.25) is 0 Å². The predicted molar refractivity (Wildman–Crippen MR) is 217 cm³/mol. The van der Waals surface area contributed by atoms with Crippen molar-refractivity contribution in [2.75, 3.05) is 13.2 Å². The quantitative estimate of drug-likeness (QED) is 0.0327. The second kappa shape index (κ2) is 40.2. The first kappa shape index (κ1) is 50.0. The Hall–Kier alpha value is -1.96. The summed E-state index contributed by atoms with van der Waals surface area (Å²) in [5, 5.41) is 30.0. The van der Waals surface area contributed by atoms with E-state index in [-0.39, 0.29) is 25.4 Å². The van der Waals surface area contributed by atoms with Crippen molar-refractivity contribution in [1.82, 2.24) is 0 Å². The van der Waals surface area contributed by atoms with Gasteiger partial charge in [0.05, 0.1) is 18.8 Å². The number of esters is 2. The smallest absolute Gasteiger partial charge is 0.306 e. The average Bonchev–Trinajstić information content (AvgIpc) is 3.14. The van der Waals surface area contributed by atoms with Crippen LogP contribution in [0.3, 0.4) is 0 Å². The van der Waals surface area contributed by atoms with E-state index < -0.39 is 30.9 Å². The van der Waals surface area contributed by atoms with Gasteiger partial charge in [0.1, 0.15) is 6.61 Å². The van der Waals surface area contributed by atoms with Crippen LogP contribution in [0.4, 0.5) is 0 Å². The van der Waals surface area contributed by atoms with Gasteiger partial charge < -0.3 is 24.8 Å². The molecule has 2 unspecified atom stereocenters. The number of carbonyl (C=O) groups excluding carboxylic acids is 2. The van der Waals surface area contributed by atoms with Crippen molar-refractivity contribution < 1.29 is 34.4 Å². The van der Waals surface area contributed by atoms with Crippen molar-refractivity contribution in [3.8, 4) is 0 Å². The maximum atomic E-state index is 12.2. The zero-order valence-electron chi connectivity index (χ0n) is 33.8. The lowest BCUT2D eigenvalue weighted by molar-refractivity contribution is -0.161. The van der Waals surface area contributed by atoms with Crippen molar-refractivity contribution in [2.45, 2.75) is 225 Å². The van der Waals surface area contributed by atoms with Crippen LogP contribution >= 0.6 is 0 Å². The number of carbonyl (C=O) groups is 2. The highest BCUT2D eigenvalue weighted by Gasteiger charge is 2.18. The van der Waals surface area contributed by atoms with Gasteiger partial charge in [-0.2, -0.15) is 0 Å². The first-order valence-corrected chi connectivity index (χ1v) is 21.7. The monoisotopic (exact) mass is 735 g/mol. The summed E-state index contributed by atoms with van der Waals surface area (Å²) in [5.74, 6) is -0.868. The highest BCUT2D eigenvalue weighted by molar-refractivity contribution is 5.70. The van der Waals surface area contributed by atoms with Crippen LogP contribution in [-0.4, -0.2) is 58.8 Å². The van der Waals surface area contributed by atoms with Crippen molar-refractivity contribution in [1.29, 1.82) is 0 Å². The lowest BCUT2D eigenvalue weighted by Gasteiger charge is -2.17. The summed E-state index contributed by atoms with van der Waals surface area (Å²) < 4.78 is 10.5. The molecule has 7 nitrogen and oxygen atoms in total. The summed E-state index contributed by atoms with van der Waals surface area (Å²) in [4.78, 5) is 24.4. The third-order valence-corrected chi connectivity index (χ3v) is 9.64. The molecule has 0 aromatic heterocycles. The fourth-order valence-corrected chi connectivity index (χ4v) is 6.19. The summed E-state index contributed by atoms with van der Waals surface area (Å²) in [6.07, 6.45) is 42.4. The third-order valence-electron chi connectivity index (χ3n) is 9.64. The Kier molecular flexibility index (Phi) is 38.7. The largest absolute Gasteiger partial charge is 0.462 e. The number of ether oxygens (including phenoxy) is 2. The van der Waals surface area contributed by atoms with E-state index in [4.69, 9.17) is 9.47 Å². The van der Waals surface area contributed by atoms with Crippen molar-refractivity contribution in [3.63, 3.8) is 0 Å². The Balaban J connectivity index is 3.73. The van der Waals surface area contributed by atoms with Crippen LogP contribution in [0, 0.1) is 0 Å². The van der Waals surface area contributed by atoms with E-state index in [9.17, 15) is 24.9 Å². The van der Waals surface area contributed by atoms with Gasteiger partial charge in [0, 0.05) is 12.8 Å². The topological polar surface area (TPSA) is 113 Å². The number of aliphatic hydroxyl groups excluding tert-OH is 3. The van der Waals surface area contributed by atoms with Gasteiger partial charge in [-0.25, -0.2) is 0 Å². The molecular weight excluding hydrogens is 652 g/mol. The maximum absolute atomic E-state index is 12.2. The normalized spacial score (nSPS) is 13.7. The Labute approximate surface area is 320 Å². The summed E-state index contributed by atoms with van der Waals surface area (Å²) >= 11 is 0. The minimum absolute atomic E-state index is 0.0723. The highest BCUT2D eigenvalue weighted by Crippen LogP contribution is 2.15. The van der Waals surface area contributed by atoms with Gasteiger partial charge in [0.2, 0.25) is 0 Å². The molecule has 0 fully saturated rings. The Morgan fingerprint density at radius 3 is 1.48 bits per heavy atom. The summed E-state index contributed by atoms with van der Waals surface area (Å²) in [5.41, 5.74) is 0. The Morgan fingerprint density at radius 1 is 0.519 bits per heavy atom. The van der Waals surface area contributed by atoms with Crippen LogP contribution in [-0.2, 0) is 19.1 Å². The standard InChI is InChI=1S/C45H82O7/c1-3-5-7-9-11-13-15-17-18-19-20-21-22-23-25-27-29-31-33-37-45(50)52-41(39-46)40-51-44(49)38-34-36-43(48)42(47)35-32-30-28-26-24-16-14-12-10-8-6-4-2/h12,14,24,26,30,32,41-43,46-48H,3-11,13,15-23,25,27-29,31,33-40H2,1-2H3/b14-12-,26-24-,32-30-/t41-,42?,43?/m0/s1. The SMILES string of the molecule is CCCCC/C=C\C/C=C\C/C=C\CC(O)C(O)CCCC(=O)OC[C@H](CO)OC(=O)CCCCCCCCCCCCCCCCCCCCC. The summed E-state index contributed by atoms with van der Waals surface area (Å²) in [6, 6.07) is 0. The zero-order valence-corrected chi connectivity index (χ0v) is 33.8. The molecule has 0 saturated carbocycles. The molecule has 0 aliphatic rings. The second-order valence-corrected chi connectivity index (χ2v) is 14.7. The molecule has 0 aromatic carbocycles. The molecule has 52 heavy (non-hydrogen) atoms. The van der Waals surface area contributed by atoms with E-state index in [0.717, 1.165) is 38.5 Å². The van der Waals surface area contributed by atoms with Gasteiger partial charge in [-0.15, -0.1) is 0 Å². The fourth-order valence-electron chi connectivity index (χ4n) is 6.19. The van der Waals surface area contributed by atoms with Gasteiger partial charge >= 0.3 is 11.9 Å². The van der Waals surface area contributed by atoms with Gasteiger partial charge in [0.15, 0.2) is 6.10 Å². The molecule has 0 saturated heterocycles. The first-order chi connectivity index (χ1) is 25.4. The molecule has 0 bridgehead atoms. The number of allylic oxidation sites excluding steroid dienone is 5. The van der Waals surface area contributed by atoms with Crippen LogP contribution in [0.1, 0.15) is 206 Å². The highest BCUT2D eigenvalue weighted by atomic mass is 16.6. The fraction of sp³-hybridized carbons (Fsp3) is 0.822. The van der Waals surface area contributed by atoms with E-state index in [1.54, 1.807) is 0 Å². The molecule has 0 radical (unpaired) electrons. The van der Waals surface area contributed by atoms with Crippen LogP contribution in [0.25, 0.3) is 0 Å². The van der Waals surface area contributed by atoms with E-state index in [0.29, 0.717) is 19.3 Å². The van der Waals surface area contributed by atoms with Crippen LogP contribution < -0.4 is 0 Å². The first-order valence-electron chi connectivity index (χ1n) is 21.7. The minimum Gasteiger partial charge on any atom is -0.462 e. The summed E-state index contributed by atoms with van der Waals surface area (Å²) in [6.45, 7) is 3.87. The van der Waals surface area contributed by atoms with Crippen molar-refractivity contribution in [3.05, 3.63) is 36.5 Å². The third kappa shape index (κ3) is 36.4. The second-order valence-electron chi connectivity index (χ2n) is 14.7. The molecule has 0 spiro atoms. The van der Waals surface area contributed by atoms with Crippen LogP contribution in [0.5, 0.6) is 0 Å². The average molecular weight is 735 g/mol. The van der Waals surface area contributed by atoms with E-state index >= 15 is 0 Å². The number of hydrogen-bond donors (Lipinski definition) is 3. The predicted octanol–water partition coefficient (Wildman–Crippen LogP) is 11.6.